The summed E-state index contributed by atoms with van der Waals surface area (Å²) in [6, 6.07) is 1.89. The van der Waals surface area contributed by atoms with E-state index in [0.29, 0.717) is 11.7 Å². The van der Waals surface area contributed by atoms with Crippen molar-refractivity contribution in [2.24, 2.45) is 7.05 Å². The first-order valence-electron chi connectivity index (χ1n) is 7.22. The van der Waals surface area contributed by atoms with Crippen LogP contribution in [0.2, 0.25) is 0 Å². The van der Waals surface area contributed by atoms with Gasteiger partial charge >= 0.3 is 0 Å². The van der Waals surface area contributed by atoms with Gasteiger partial charge in [0.15, 0.2) is 0 Å². The minimum Gasteiger partial charge on any atom is -0.339 e. The van der Waals surface area contributed by atoms with Crippen LogP contribution in [0.25, 0.3) is 11.5 Å². The summed E-state index contributed by atoms with van der Waals surface area (Å²) < 4.78 is 7.15. The molecule has 0 aromatic carbocycles. The van der Waals surface area contributed by atoms with Crippen molar-refractivity contribution in [1.82, 2.24) is 25.2 Å². The molecule has 20 heavy (non-hydrogen) atoms. The van der Waals surface area contributed by atoms with E-state index < -0.39 is 0 Å². The van der Waals surface area contributed by atoms with Crippen molar-refractivity contribution in [3.8, 4) is 11.5 Å². The highest BCUT2D eigenvalue weighted by molar-refractivity contribution is 5.46. The lowest BCUT2D eigenvalue weighted by atomic mass is 9.79. The molecule has 0 atom stereocenters. The Morgan fingerprint density at radius 1 is 1.35 bits per heavy atom. The summed E-state index contributed by atoms with van der Waals surface area (Å²) in [5.74, 6) is 1.27. The lowest BCUT2D eigenvalue weighted by molar-refractivity contribution is 0.221. The molecule has 0 spiro atoms. The van der Waals surface area contributed by atoms with Crippen LogP contribution in [-0.2, 0) is 13.5 Å². The molecule has 0 amide bonds. The van der Waals surface area contributed by atoms with Crippen molar-refractivity contribution >= 4 is 0 Å². The van der Waals surface area contributed by atoms with Crippen LogP contribution < -0.4 is 5.32 Å². The van der Waals surface area contributed by atoms with Crippen molar-refractivity contribution in [1.29, 1.82) is 0 Å². The third-order valence-corrected chi connectivity index (χ3v) is 4.24. The van der Waals surface area contributed by atoms with E-state index in [1.165, 1.54) is 32.1 Å². The molecule has 6 nitrogen and oxygen atoms in total. The molecule has 1 N–H and O–H groups in total. The summed E-state index contributed by atoms with van der Waals surface area (Å²) in [4.78, 5) is 4.49. The second-order valence-corrected chi connectivity index (χ2v) is 5.65. The Hall–Kier alpha value is -1.69. The largest absolute Gasteiger partial charge is 0.339 e. The van der Waals surface area contributed by atoms with Gasteiger partial charge in [0.25, 0.3) is 0 Å². The summed E-state index contributed by atoms with van der Waals surface area (Å²) in [7, 11) is 3.91. The molecule has 0 saturated heterocycles. The molecule has 2 aromatic rings. The van der Waals surface area contributed by atoms with Crippen molar-refractivity contribution < 1.29 is 4.52 Å². The van der Waals surface area contributed by atoms with E-state index in [1.54, 1.807) is 4.68 Å². The second-order valence-electron chi connectivity index (χ2n) is 5.65. The monoisotopic (exact) mass is 275 g/mol. The summed E-state index contributed by atoms with van der Waals surface area (Å²) in [5, 5.41) is 11.8. The first-order valence-corrected chi connectivity index (χ1v) is 7.22. The van der Waals surface area contributed by atoms with Gasteiger partial charge in [0.1, 0.15) is 5.69 Å². The third-order valence-electron chi connectivity index (χ3n) is 4.24. The number of hydrogen-bond acceptors (Lipinski definition) is 5. The first kappa shape index (κ1) is 13.3. The van der Waals surface area contributed by atoms with Gasteiger partial charge in [-0.2, -0.15) is 10.1 Å². The quantitative estimate of drug-likeness (QED) is 0.923. The first-order chi connectivity index (χ1) is 9.71. The molecule has 0 aliphatic heterocycles. The zero-order valence-corrected chi connectivity index (χ0v) is 12.1. The molecule has 1 saturated carbocycles. The second kappa shape index (κ2) is 5.36. The summed E-state index contributed by atoms with van der Waals surface area (Å²) in [6.45, 7) is 0. The highest BCUT2D eigenvalue weighted by Crippen LogP contribution is 2.31. The number of rotatable bonds is 4. The Labute approximate surface area is 118 Å². The Morgan fingerprint density at radius 3 is 2.80 bits per heavy atom. The van der Waals surface area contributed by atoms with Gasteiger partial charge in [0.2, 0.25) is 11.7 Å². The Kier molecular flexibility index (Phi) is 3.56. The summed E-state index contributed by atoms with van der Waals surface area (Å²) >= 11 is 0. The molecule has 1 aliphatic rings. The lowest BCUT2D eigenvalue weighted by Gasteiger charge is -2.36. The van der Waals surface area contributed by atoms with Crippen molar-refractivity contribution in [3.05, 3.63) is 18.2 Å². The molecule has 0 unspecified atom stereocenters. The number of aromatic nitrogens is 4. The van der Waals surface area contributed by atoms with E-state index in [0.717, 1.165) is 12.1 Å². The predicted octanol–water partition coefficient (Wildman–Crippen LogP) is 1.93. The fourth-order valence-electron chi connectivity index (χ4n) is 3.00. The average molecular weight is 275 g/mol. The number of aryl methyl sites for hydroxylation is 1. The average Bonchev–Trinajstić information content (AvgIpc) is 3.09. The van der Waals surface area contributed by atoms with Crippen molar-refractivity contribution in [3.63, 3.8) is 0 Å². The van der Waals surface area contributed by atoms with Gasteiger partial charge in [-0.25, -0.2) is 0 Å². The van der Waals surface area contributed by atoms with Crippen LogP contribution in [0.5, 0.6) is 0 Å². The standard InChI is InChI=1S/C14H21N5O/c1-15-14(7-4-3-5-8-14)10-12-16-13(18-20-12)11-6-9-19(2)17-11/h6,9,15H,3-5,7-8,10H2,1-2H3. The van der Waals surface area contributed by atoms with Gasteiger partial charge in [0.05, 0.1) is 0 Å². The Balaban J connectivity index is 1.76. The molecular weight excluding hydrogens is 254 g/mol. The maximum Gasteiger partial charge on any atom is 0.228 e. The number of nitrogens with one attached hydrogen (secondary N) is 1. The number of likely N-dealkylation sites (N-methyl/N-ethyl adjacent to an activating group) is 1. The number of hydrogen-bond donors (Lipinski definition) is 1. The van der Waals surface area contributed by atoms with E-state index in [9.17, 15) is 0 Å². The molecule has 1 fully saturated rings. The predicted molar refractivity (Wildman–Crippen MR) is 75.1 cm³/mol. The minimum atomic E-state index is 0.117. The van der Waals surface area contributed by atoms with Crippen LogP contribution in [0, 0.1) is 0 Å². The van der Waals surface area contributed by atoms with E-state index in [-0.39, 0.29) is 5.54 Å². The van der Waals surface area contributed by atoms with Crippen molar-refractivity contribution in [2.45, 2.75) is 44.1 Å². The smallest absolute Gasteiger partial charge is 0.228 e. The molecule has 1 aliphatic carbocycles. The van der Waals surface area contributed by atoms with Crippen molar-refractivity contribution in [2.75, 3.05) is 7.05 Å². The fraction of sp³-hybridized carbons (Fsp3) is 0.643. The molecular formula is C14H21N5O. The summed E-state index contributed by atoms with van der Waals surface area (Å²) in [5.41, 5.74) is 0.872. The minimum absolute atomic E-state index is 0.117. The van der Waals surface area contributed by atoms with Gasteiger partial charge in [-0.3, -0.25) is 4.68 Å². The fourth-order valence-corrected chi connectivity index (χ4v) is 3.00. The van der Waals surface area contributed by atoms with E-state index in [1.807, 2.05) is 26.4 Å². The zero-order valence-electron chi connectivity index (χ0n) is 12.1. The lowest BCUT2D eigenvalue weighted by Crippen LogP contribution is -2.46. The topological polar surface area (TPSA) is 68.8 Å². The molecule has 2 heterocycles. The molecule has 108 valence electrons. The van der Waals surface area contributed by atoms with E-state index in [2.05, 4.69) is 20.6 Å². The normalized spacial score (nSPS) is 18.3. The Bertz CT molecular complexity index is 568. The van der Waals surface area contributed by atoms with Crippen LogP contribution in [0.3, 0.4) is 0 Å². The molecule has 6 heteroatoms. The van der Waals surface area contributed by atoms with Crippen LogP contribution in [0.1, 0.15) is 38.0 Å². The van der Waals surface area contributed by atoms with Crippen LogP contribution in [0.15, 0.2) is 16.8 Å². The van der Waals surface area contributed by atoms with Gasteiger partial charge in [-0.05, 0) is 26.0 Å². The van der Waals surface area contributed by atoms with E-state index in [4.69, 9.17) is 4.52 Å². The van der Waals surface area contributed by atoms with Gasteiger partial charge in [-0.15, -0.1) is 0 Å². The SMILES string of the molecule is CNC1(Cc2nc(-c3ccn(C)n3)no2)CCCCC1. The van der Waals surface area contributed by atoms with E-state index >= 15 is 0 Å². The molecule has 0 radical (unpaired) electrons. The van der Waals surface area contributed by atoms with Crippen LogP contribution >= 0.6 is 0 Å². The molecule has 0 bridgehead atoms. The third kappa shape index (κ3) is 2.60. The molecule has 3 rings (SSSR count). The maximum atomic E-state index is 5.41. The molecule has 2 aromatic heterocycles. The van der Waals surface area contributed by atoms with Gasteiger partial charge < -0.3 is 9.84 Å². The zero-order chi connectivity index (χ0) is 14.0. The summed E-state index contributed by atoms with van der Waals surface area (Å²) in [6.07, 6.45) is 8.87. The van der Waals surface area contributed by atoms with Gasteiger partial charge in [-0.1, -0.05) is 24.4 Å². The highest BCUT2D eigenvalue weighted by atomic mass is 16.5. The highest BCUT2D eigenvalue weighted by Gasteiger charge is 2.32. The number of nitrogens with zero attached hydrogens (tertiary/aromatic N) is 4. The van der Waals surface area contributed by atoms with Gasteiger partial charge in [0, 0.05) is 25.2 Å². The van der Waals surface area contributed by atoms with Crippen LogP contribution in [-0.4, -0.2) is 32.5 Å². The van der Waals surface area contributed by atoms with Crippen LogP contribution in [0.4, 0.5) is 0 Å². The maximum absolute atomic E-state index is 5.41. The Morgan fingerprint density at radius 2 is 2.15 bits per heavy atom.